The van der Waals surface area contributed by atoms with Gasteiger partial charge in [-0.05, 0) is 0 Å². The number of aromatic nitrogens is 2. The van der Waals surface area contributed by atoms with E-state index in [0.29, 0.717) is 5.82 Å². The van der Waals surface area contributed by atoms with Gasteiger partial charge < -0.3 is 11.1 Å². The van der Waals surface area contributed by atoms with E-state index in [2.05, 4.69) is 15.3 Å². The molecular formula is C8H14ClN5O2S. The number of nitrogens with zero attached hydrogens (tertiary/aromatic N) is 3. The average molecular weight is 280 g/mol. The second-order valence-electron chi connectivity index (χ2n) is 3.45. The van der Waals surface area contributed by atoms with E-state index in [4.69, 9.17) is 17.3 Å². The zero-order valence-corrected chi connectivity index (χ0v) is 11.1. The molecule has 0 unspecified atom stereocenters. The number of nitrogen functional groups attached to an aromatic ring is 1. The van der Waals surface area contributed by atoms with E-state index in [0.717, 1.165) is 4.31 Å². The quantitative estimate of drug-likeness (QED) is 0.737. The van der Waals surface area contributed by atoms with Crippen molar-refractivity contribution in [1.29, 1.82) is 0 Å². The van der Waals surface area contributed by atoms with Gasteiger partial charge >= 0.3 is 0 Å². The van der Waals surface area contributed by atoms with Crippen molar-refractivity contribution in [2.75, 3.05) is 37.4 Å². The van der Waals surface area contributed by atoms with E-state index in [1.807, 2.05) is 0 Å². The average Bonchev–Trinajstić information content (AvgIpc) is 2.24. The molecule has 0 aliphatic carbocycles. The van der Waals surface area contributed by atoms with Crippen LogP contribution in [-0.4, -0.2) is 49.1 Å². The summed E-state index contributed by atoms with van der Waals surface area (Å²) in [6.07, 6.45) is 1.25. The molecule has 7 nitrogen and oxygen atoms in total. The highest BCUT2D eigenvalue weighted by atomic mass is 35.5. The number of hydrogen-bond donors (Lipinski definition) is 2. The predicted octanol–water partition coefficient (Wildman–Crippen LogP) is 0.0155. The Labute approximate surface area is 105 Å². The molecule has 0 bridgehead atoms. The first-order valence-electron chi connectivity index (χ1n) is 4.74. The Bertz CT molecular complexity index is 491. The van der Waals surface area contributed by atoms with E-state index < -0.39 is 10.0 Å². The van der Waals surface area contributed by atoms with Gasteiger partial charge in [-0.3, -0.25) is 0 Å². The molecule has 0 aliphatic heterocycles. The minimum atomic E-state index is -3.24. The summed E-state index contributed by atoms with van der Waals surface area (Å²) in [5.74, 6) is 0.278. The third-order valence-electron chi connectivity index (χ3n) is 2.04. The summed E-state index contributed by atoms with van der Waals surface area (Å²) in [6, 6.07) is 0. The molecule has 9 heteroatoms. The standard InChI is InChI=1S/C8H14ClN5O2S/c1-14(2)17(15,16)4-3-11-8-6(10)7(9)12-5-13-8/h5H,3-4,10H2,1-2H3,(H,11,12,13). The van der Waals surface area contributed by atoms with Crippen molar-refractivity contribution in [3.63, 3.8) is 0 Å². The van der Waals surface area contributed by atoms with Crippen LogP contribution in [0.4, 0.5) is 11.5 Å². The molecule has 1 rings (SSSR count). The Balaban J connectivity index is 2.61. The Morgan fingerprint density at radius 3 is 2.71 bits per heavy atom. The van der Waals surface area contributed by atoms with Gasteiger partial charge in [-0.15, -0.1) is 0 Å². The van der Waals surface area contributed by atoms with E-state index >= 15 is 0 Å². The van der Waals surface area contributed by atoms with Gasteiger partial charge in [-0.2, -0.15) is 0 Å². The van der Waals surface area contributed by atoms with Crippen LogP contribution in [-0.2, 0) is 10.0 Å². The van der Waals surface area contributed by atoms with Crippen molar-refractivity contribution in [1.82, 2.24) is 14.3 Å². The van der Waals surface area contributed by atoms with Crippen molar-refractivity contribution < 1.29 is 8.42 Å². The summed E-state index contributed by atoms with van der Waals surface area (Å²) in [4.78, 5) is 7.55. The summed E-state index contributed by atoms with van der Waals surface area (Å²) in [5.41, 5.74) is 5.82. The normalized spacial score (nSPS) is 11.8. The molecule has 0 aromatic carbocycles. The zero-order chi connectivity index (χ0) is 13.1. The zero-order valence-electron chi connectivity index (χ0n) is 9.51. The molecule has 17 heavy (non-hydrogen) atoms. The van der Waals surface area contributed by atoms with Gasteiger partial charge in [0.1, 0.15) is 12.0 Å². The molecule has 0 amide bonds. The van der Waals surface area contributed by atoms with Gasteiger partial charge in [0, 0.05) is 20.6 Å². The lowest BCUT2D eigenvalue weighted by atomic mass is 10.5. The van der Waals surface area contributed by atoms with E-state index in [1.165, 1.54) is 20.4 Å². The Kier molecular flexibility index (Phi) is 4.49. The maximum absolute atomic E-state index is 11.5. The predicted molar refractivity (Wildman–Crippen MR) is 67.4 cm³/mol. The number of nitrogens with two attached hydrogens (primary N) is 1. The summed E-state index contributed by atoms with van der Waals surface area (Å²) >= 11 is 5.69. The first-order valence-corrected chi connectivity index (χ1v) is 6.73. The molecule has 3 N–H and O–H groups in total. The Morgan fingerprint density at radius 2 is 2.12 bits per heavy atom. The molecule has 0 saturated heterocycles. The summed E-state index contributed by atoms with van der Waals surface area (Å²) in [6.45, 7) is 0.193. The van der Waals surface area contributed by atoms with E-state index in [1.54, 1.807) is 0 Å². The fourth-order valence-corrected chi connectivity index (χ4v) is 1.85. The van der Waals surface area contributed by atoms with Crippen LogP contribution in [0.3, 0.4) is 0 Å². The van der Waals surface area contributed by atoms with Crippen molar-refractivity contribution in [2.45, 2.75) is 0 Å². The summed E-state index contributed by atoms with van der Waals surface area (Å²) < 4.78 is 24.1. The highest BCUT2D eigenvalue weighted by Gasteiger charge is 2.13. The SMILES string of the molecule is CN(C)S(=O)(=O)CCNc1ncnc(Cl)c1N. The molecule has 1 heterocycles. The highest BCUT2D eigenvalue weighted by molar-refractivity contribution is 7.89. The first-order chi connectivity index (χ1) is 7.84. The molecule has 0 saturated carbocycles. The number of halogens is 1. The monoisotopic (exact) mass is 279 g/mol. The third-order valence-corrected chi connectivity index (χ3v) is 4.18. The molecule has 0 radical (unpaired) electrons. The smallest absolute Gasteiger partial charge is 0.215 e. The lowest BCUT2D eigenvalue weighted by molar-refractivity contribution is 0.521. The van der Waals surface area contributed by atoms with E-state index in [9.17, 15) is 8.42 Å². The minimum Gasteiger partial charge on any atom is -0.393 e. The van der Waals surface area contributed by atoms with Crippen LogP contribution in [0.5, 0.6) is 0 Å². The molecule has 0 atom stereocenters. The fourth-order valence-electron chi connectivity index (χ4n) is 0.996. The van der Waals surface area contributed by atoms with Gasteiger partial charge in [-0.25, -0.2) is 22.7 Å². The van der Waals surface area contributed by atoms with Gasteiger partial charge in [0.15, 0.2) is 11.0 Å². The van der Waals surface area contributed by atoms with Gasteiger partial charge in [-0.1, -0.05) is 11.6 Å². The van der Waals surface area contributed by atoms with Crippen LogP contribution >= 0.6 is 11.6 Å². The second-order valence-corrected chi connectivity index (χ2v) is 6.11. The number of rotatable bonds is 5. The van der Waals surface area contributed by atoms with Crippen LogP contribution < -0.4 is 11.1 Å². The van der Waals surface area contributed by atoms with Gasteiger partial charge in [0.25, 0.3) is 0 Å². The molecule has 0 spiro atoms. The maximum atomic E-state index is 11.5. The fraction of sp³-hybridized carbons (Fsp3) is 0.500. The second kappa shape index (κ2) is 5.48. The summed E-state index contributed by atoms with van der Waals surface area (Å²) in [7, 11) is -0.283. The van der Waals surface area contributed by atoms with E-state index in [-0.39, 0.29) is 23.1 Å². The largest absolute Gasteiger partial charge is 0.393 e. The van der Waals surface area contributed by atoms with Crippen LogP contribution in [0, 0.1) is 0 Å². The minimum absolute atomic E-state index is 0.0545. The molecule has 1 aromatic heterocycles. The molecule has 0 aliphatic rings. The molecule has 1 aromatic rings. The maximum Gasteiger partial charge on any atom is 0.215 e. The van der Waals surface area contributed by atoms with Crippen molar-refractivity contribution in [2.24, 2.45) is 0 Å². The lowest BCUT2D eigenvalue weighted by Crippen LogP contribution is -2.28. The van der Waals surface area contributed by atoms with Crippen LogP contribution in [0.25, 0.3) is 0 Å². The first kappa shape index (κ1) is 13.9. The number of anilines is 2. The van der Waals surface area contributed by atoms with Crippen LogP contribution in [0.1, 0.15) is 0 Å². The number of sulfonamides is 1. The van der Waals surface area contributed by atoms with Crippen molar-refractivity contribution in [3.8, 4) is 0 Å². The lowest BCUT2D eigenvalue weighted by Gasteiger charge is -2.12. The van der Waals surface area contributed by atoms with Crippen LogP contribution in [0.2, 0.25) is 5.15 Å². The number of hydrogen-bond acceptors (Lipinski definition) is 6. The number of nitrogens with one attached hydrogen (secondary N) is 1. The Hall–Kier alpha value is -1.12. The molecular weight excluding hydrogens is 266 g/mol. The molecule has 96 valence electrons. The Morgan fingerprint density at radius 1 is 1.47 bits per heavy atom. The third kappa shape index (κ3) is 3.69. The van der Waals surface area contributed by atoms with Gasteiger partial charge in [0.05, 0.1) is 5.75 Å². The van der Waals surface area contributed by atoms with Gasteiger partial charge in [0.2, 0.25) is 10.0 Å². The topological polar surface area (TPSA) is 101 Å². The van der Waals surface area contributed by atoms with Crippen molar-refractivity contribution in [3.05, 3.63) is 11.5 Å². The summed E-state index contributed by atoms with van der Waals surface area (Å²) in [5, 5.41) is 2.94. The van der Waals surface area contributed by atoms with Crippen LogP contribution in [0.15, 0.2) is 6.33 Å². The van der Waals surface area contributed by atoms with Crippen molar-refractivity contribution >= 4 is 33.1 Å². The highest BCUT2D eigenvalue weighted by Crippen LogP contribution is 2.21. The molecule has 0 fully saturated rings.